The number of hydrogen-bond donors (Lipinski definition) is 0. The van der Waals surface area contributed by atoms with Crippen LogP contribution in [0.5, 0.6) is 0 Å². The molecular weight excluding hydrogens is 477 g/mol. The van der Waals surface area contributed by atoms with Crippen LogP contribution in [0.2, 0.25) is 0 Å². The molecule has 182 valence electrons. The van der Waals surface area contributed by atoms with Crippen molar-refractivity contribution in [2.24, 2.45) is 0 Å². The van der Waals surface area contributed by atoms with Gasteiger partial charge in [-0.1, -0.05) is 38.5 Å². The normalized spacial score (nSPS) is 18.7. The Morgan fingerprint density at radius 3 is 2.00 bits per heavy atom. The molecule has 1 aromatic carbocycles. The van der Waals surface area contributed by atoms with Gasteiger partial charge in [0.15, 0.2) is 5.78 Å². The van der Waals surface area contributed by atoms with Crippen molar-refractivity contribution in [2.45, 2.75) is 95.6 Å². The largest absolute Gasteiger partial charge is 0.450 e. The summed E-state index contributed by atoms with van der Waals surface area (Å²) in [5, 5.41) is 1.88. The summed E-state index contributed by atoms with van der Waals surface area (Å²) in [6.07, 6.45) is 5.88. The third kappa shape index (κ3) is 4.34. The Morgan fingerprint density at radius 2 is 1.41 bits per heavy atom. The number of aryl methyl sites for hydroxylation is 1. The van der Waals surface area contributed by atoms with Crippen molar-refractivity contribution >= 4 is 54.4 Å². The topological polar surface area (TPSA) is 34.1 Å². The Hall–Kier alpha value is -1.73. The molecule has 0 bridgehead atoms. The first-order valence-electron chi connectivity index (χ1n) is 12.4. The fourth-order valence-corrected chi connectivity index (χ4v) is 8.63. The molecule has 2 nitrogen and oxygen atoms in total. The van der Waals surface area contributed by atoms with Crippen LogP contribution >= 0.6 is 22.7 Å². The number of Topliss-reactive ketones (excluding diaryl/α,β-unsaturated/α-hetero) is 2. The van der Waals surface area contributed by atoms with Gasteiger partial charge in [-0.15, -0.1) is 22.7 Å². The van der Waals surface area contributed by atoms with E-state index in [0.717, 1.165) is 33.0 Å². The molecule has 0 unspecified atom stereocenters. The molecule has 34 heavy (non-hydrogen) atoms. The number of rotatable bonds is 5. The summed E-state index contributed by atoms with van der Waals surface area (Å²) >= 11 is 3.28. The van der Waals surface area contributed by atoms with Crippen LogP contribution in [0.1, 0.15) is 108 Å². The van der Waals surface area contributed by atoms with Crippen molar-refractivity contribution in [1.82, 2.24) is 0 Å². The number of benzene rings is 1. The molecule has 0 spiro atoms. The molecule has 2 aliphatic rings. The van der Waals surface area contributed by atoms with Crippen LogP contribution < -0.4 is 0 Å². The maximum atomic E-state index is 13.1. The van der Waals surface area contributed by atoms with Gasteiger partial charge in [0.1, 0.15) is 0 Å². The van der Waals surface area contributed by atoms with Crippen molar-refractivity contribution in [3.05, 3.63) is 33.0 Å². The molecule has 0 atom stereocenters. The highest BCUT2D eigenvalue weighted by molar-refractivity contribution is 7.21. The van der Waals surface area contributed by atoms with Gasteiger partial charge in [-0.3, -0.25) is 9.59 Å². The number of hydrogen-bond acceptors (Lipinski definition) is 4. The monoisotopic (exact) mass is 506 g/mol. The Kier molecular flexibility index (Phi) is 6.62. The Morgan fingerprint density at radius 1 is 0.853 bits per heavy atom. The van der Waals surface area contributed by atoms with E-state index in [0.29, 0.717) is 22.3 Å². The summed E-state index contributed by atoms with van der Waals surface area (Å²) < 4.78 is 40.9. The van der Waals surface area contributed by atoms with Crippen LogP contribution in [-0.4, -0.2) is 17.7 Å². The van der Waals surface area contributed by atoms with Gasteiger partial charge in [0.2, 0.25) is 5.78 Å². The van der Waals surface area contributed by atoms with E-state index < -0.39 is 24.2 Å². The first-order chi connectivity index (χ1) is 16.3. The van der Waals surface area contributed by atoms with E-state index in [4.69, 9.17) is 0 Å². The second-order valence-electron chi connectivity index (χ2n) is 9.92. The van der Waals surface area contributed by atoms with E-state index in [1.54, 1.807) is 6.92 Å². The van der Waals surface area contributed by atoms with Gasteiger partial charge in [-0.05, 0) is 62.1 Å². The number of alkyl halides is 3. The second-order valence-corrected chi connectivity index (χ2v) is 12.3. The number of carbonyl (C=O) groups is 2. The molecule has 0 radical (unpaired) electrons. The van der Waals surface area contributed by atoms with Crippen molar-refractivity contribution < 1.29 is 22.8 Å². The van der Waals surface area contributed by atoms with E-state index in [1.165, 1.54) is 73.1 Å². The van der Waals surface area contributed by atoms with Crippen molar-refractivity contribution in [3.8, 4) is 0 Å². The Balaban J connectivity index is 1.72. The average molecular weight is 507 g/mol. The quantitative estimate of drug-likeness (QED) is 0.255. The van der Waals surface area contributed by atoms with Crippen LogP contribution in [0.25, 0.3) is 20.2 Å². The molecule has 3 aromatic rings. The summed E-state index contributed by atoms with van der Waals surface area (Å²) in [5.41, 5.74) is 1.69. The molecule has 5 rings (SSSR count). The number of halogens is 3. The number of thiophene rings is 2. The van der Waals surface area contributed by atoms with Gasteiger partial charge in [-0.25, -0.2) is 0 Å². The zero-order chi connectivity index (χ0) is 24.0. The minimum Gasteiger partial charge on any atom is -0.294 e. The molecule has 2 fully saturated rings. The van der Waals surface area contributed by atoms with E-state index in [1.807, 2.05) is 17.4 Å². The van der Waals surface area contributed by atoms with Crippen molar-refractivity contribution in [2.75, 3.05) is 0 Å². The fraction of sp³-hybridized carbons (Fsp3) is 0.556. The first-order valence-corrected chi connectivity index (χ1v) is 14.0. The fourth-order valence-electron chi connectivity index (χ4n) is 6.07. The van der Waals surface area contributed by atoms with Gasteiger partial charge in [0.25, 0.3) is 0 Å². The lowest BCUT2D eigenvalue weighted by Gasteiger charge is -2.27. The molecule has 0 N–H and O–H groups in total. The predicted molar refractivity (Wildman–Crippen MR) is 134 cm³/mol. The third-order valence-corrected chi connectivity index (χ3v) is 10.1. The van der Waals surface area contributed by atoms with Crippen LogP contribution in [0.4, 0.5) is 13.2 Å². The molecule has 0 aliphatic heterocycles. The molecule has 2 aromatic heterocycles. The maximum absolute atomic E-state index is 13.1. The van der Waals surface area contributed by atoms with Gasteiger partial charge < -0.3 is 0 Å². The van der Waals surface area contributed by atoms with Crippen LogP contribution in [0, 0.1) is 6.92 Å². The van der Waals surface area contributed by atoms with E-state index in [-0.39, 0.29) is 0 Å². The minimum absolute atomic E-state index is 0.327. The van der Waals surface area contributed by atoms with Crippen molar-refractivity contribution in [3.63, 3.8) is 0 Å². The molecule has 0 amide bonds. The minimum atomic E-state index is -4.99. The third-order valence-electron chi connectivity index (χ3n) is 7.65. The zero-order valence-electron chi connectivity index (χ0n) is 19.4. The summed E-state index contributed by atoms with van der Waals surface area (Å²) in [4.78, 5) is 26.9. The van der Waals surface area contributed by atoms with Crippen LogP contribution in [-0.2, 0) is 4.79 Å². The lowest BCUT2D eigenvalue weighted by atomic mass is 9.78. The van der Waals surface area contributed by atoms with Crippen LogP contribution in [0.15, 0.2) is 12.1 Å². The molecule has 2 heterocycles. The second kappa shape index (κ2) is 9.38. The standard InChI is InChI=1S/C27H29F3O2S2/c1-15-22(18(31)14-21(32)27(28,29)30)24-19(33-15)12-13-20-25(24)23(16-8-4-2-5-9-16)26(34-20)17-10-6-3-7-11-17/h12-13,16-17H,2-11,14H2,1H3. The highest BCUT2D eigenvalue weighted by Gasteiger charge is 2.40. The summed E-state index contributed by atoms with van der Waals surface area (Å²) in [6, 6.07) is 4.13. The number of ketones is 2. The first kappa shape index (κ1) is 24.0. The molecular formula is C27H29F3O2S2. The summed E-state index contributed by atoms with van der Waals surface area (Å²) in [5.74, 6) is -1.71. The molecule has 0 saturated heterocycles. The average Bonchev–Trinajstić information content (AvgIpc) is 3.36. The highest BCUT2D eigenvalue weighted by Crippen LogP contribution is 2.51. The van der Waals surface area contributed by atoms with Gasteiger partial charge in [0, 0.05) is 35.5 Å². The van der Waals surface area contributed by atoms with Gasteiger partial charge >= 0.3 is 6.18 Å². The Bertz CT molecular complexity index is 1240. The molecule has 2 saturated carbocycles. The molecule has 2 aliphatic carbocycles. The lowest BCUT2D eigenvalue weighted by Crippen LogP contribution is -2.25. The van der Waals surface area contributed by atoms with Gasteiger partial charge in [0.05, 0.1) is 6.42 Å². The highest BCUT2D eigenvalue weighted by atomic mass is 32.1. The SMILES string of the molecule is Cc1sc2ccc3sc(C4CCCCC4)c(C4CCCCC4)c3c2c1C(=O)CC(=O)C(F)(F)F. The van der Waals surface area contributed by atoms with Crippen LogP contribution in [0.3, 0.4) is 0 Å². The summed E-state index contributed by atoms with van der Waals surface area (Å²) in [7, 11) is 0. The molecule has 7 heteroatoms. The lowest BCUT2D eigenvalue weighted by molar-refractivity contribution is -0.170. The Labute approximate surface area is 205 Å². The van der Waals surface area contributed by atoms with Gasteiger partial charge in [-0.2, -0.15) is 13.2 Å². The number of carbonyl (C=O) groups excluding carboxylic acids is 2. The van der Waals surface area contributed by atoms with E-state index in [2.05, 4.69) is 6.07 Å². The van der Waals surface area contributed by atoms with E-state index in [9.17, 15) is 22.8 Å². The van der Waals surface area contributed by atoms with E-state index >= 15 is 0 Å². The predicted octanol–water partition coefficient (Wildman–Crippen LogP) is 9.22. The zero-order valence-corrected chi connectivity index (χ0v) is 21.0. The smallest absolute Gasteiger partial charge is 0.294 e. The number of fused-ring (bicyclic) bond motifs is 3. The maximum Gasteiger partial charge on any atom is 0.450 e. The summed E-state index contributed by atoms with van der Waals surface area (Å²) in [6.45, 7) is 1.79. The van der Waals surface area contributed by atoms with Crippen molar-refractivity contribution in [1.29, 1.82) is 0 Å².